The Bertz CT molecular complexity index is 516. The lowest BCUT2D eigenvalue weighted by Crippen LogP contribution is -2.55. The summed E-state index contributed by atoms with van der Waals surface area (Å²) in [5.74, 6) is 0.294. The molecule has 3 aliphatic rings. The van der Waals surface area contributed by atoms with Gasteiger partial charge in [-0.1, -0.05) is 12.8 Å². The van der Waals surface area contributed by atoms with Crippen LogP contribution in [0.2, 0.25) is 0 Å². The van der Waals surface area contributed by atoms with Gasteiger partial charge in [-0.2, -0.15) is 0 Å². The van der Waals surface area contributed by atoms with Crippen molar-refractivity contribution >= 4 is 28.3 Å². The van der Waals surface area contributed by atoms with Crippen molar-refractivity contribution in [3.63, 3.8) is 0 Å². The van der Waals surface area contributed by atoms with E-state index in [1.807, 2.05) is 0 Å². The number of carbonyl (C=O) groups is 1. The molecule has 0 aromatic heterocycles. The molecule has 1 aliphatic heterocycles. The molecule has 0 aromatic rings. The number of nitrogens with two attached hydrogens (primary N) is 1. The Morgan fingerprint density at radius 3 is 2.35 bits per heavy atom. The smallest absolute Gasteiger partial charge is 0.225 e. The molecule has 23 heavy (non-hydrogen) atoms. The minimum absolute atomic E-state index is 0. The lowest BCUT2D eigenvalue weighted by Gasteiger charge is -2.37. The molecule has 8 heteroatoms. The molecular weight excluding hydrogens is 338 g/mol. The van der Waals surface area contributed by atoms with Crippen LogP contribution in [-0.2, 0) is 14.8 Å². The molecule has 1 atom stereocenters. The molecule has 6 nitrogen and oxygen atoms in total. The van der Waals surface area contributed by atoms with Crippen LogP contribution in [0.1, 0.15) is 51.4 Å². The number of likely N-dealkylation sites (tertiary alicyclic amines) is 1. The van der Waals surface area contributed by atoms with Crippen LogP contribution in [0.3, 0.4) is 0 Å². The van der Waals surface area contributed by atoms with Gasteiger partial charge < -0.3 is 10.6 Å². The Kier molecular flexibility index (Phi) is 6.33. The van der Waals surface area contributed by atoms with E-state index in [1.165, 1.54) is 0 Å². The van der Waals surface area contributed by atoms with Gasteiger partial charge in [-0.15, -0.1) is 12.4 Å². The van der Waals surface area contributed by atoms with Crippen LogP contribution in [0, 0.1) is 5.92 Å². The highest BCUT2D eigenvalue weighted by Gasteiger charge is 2.38. The first-order valence-corrected chi connectivity index (χ1v) is 10.1. The van der Waals surface area contributed by atoms with Crippen molar-refractivity contribution in [2.75, 3.05) is 13.1 Å². The third-order valence-electron chi connectivity index (χ3n) is 5.34. The summed E-state index contributed by atoms with van der Waals surface area (Å²) in [6.45, 7) is 1.05. The molecule has 0 radical (unpaired) electrons. The van der Waals surface area contributed by atoms with Gasteiger partial charge in [0.15, 0.2) is 0 Å². The number of carbonyl (C=O) groups excluding carboxylic acids is 1. The van der Waals surface area contributed by atoms with Crippen LogP contribution in [0.25, 0.3) is 0 Å². The summed E-state index contributed by atoms with van der Waals surface area (Å²) in [4.78, 5) is 14.3. The van der Waals surface area contributed by atoms with Crippen molar-refractivity contribution in [2.24, 2.45) is 11.7 Å². The molecule has 1 unspecified atom stereocenters. The van der Waals surface area contributed by atoms with E-state index in [0.29, 0.717) is 19.5 Å². The van der Waals surface area contributed by atoms with E-state index in [2.05, 4.69) is 4.72 Å². The molecular formula is C15H28ClN3O3S. The van der Waals surface area contributed by atoms with Gasteiger partial charge in [0.25, 0.3) is 0 Å². The zero-order valence-corrected chi connectivity index (χ0v) is 15.1. The Morgan fingerprint density at radius 2 is 1.74 bits per heavy atom. The summed E-state index contributed by atoms with van der Waals surface area (Å²) in [6, 6.07) is 0.111. The van der Waals surface area contributed by atoms with E-state index in [0.717, 1.165) is 44.9 Å². The minimum atomic E-state index is -3.36. The third kappa shape index (κ3) is 4.38. The van der Waals surface area contributed by atoms with Crippen LogP contribution in [0.4, 0.5) is 0 Å². The van der Waals surface area contributed by atoms with Crippen LogP contribution < -0.4 is 10.5 Å². The Balaban J connectivity index is 0.00000192. The fourth-order valence-corrected chi connectivity index (χ4v) is 5.61. The first-order chi connectivity index (χ1) is 10.5. The quantitative estimate of drug-likeness (QED) is 0.777. The predicted octanol–water partition coefficient (Wildman–Crippen LogP) is 0.999. The molecule has 2 saturated carbocycles. The molecule has 0 aromatic carbocycles. The summed E-state index contributed by atoms with van der Waals surface area (Å²) in [6.07, 6.45) is 7.02. The van der Waals surface area contributed by atoms with Crippen LogP contribution >= 0.6 is 12.4 Å². The molecule has 3 N–H and O–H groups in total. The van der Waals surface area contributed by atoms with Gasteiger partial charge >= 0.3 is 0 Å². The van der Waals surface area contributed by atoms with Gasteiger partial charge in [-0.05, 0) is 38.5 Å². The first kappa shape index (κ1) is 19.0. The summed E-state index contributed by atoms with van der Waals surface area (Å²) in [5, 5.41) is -0.469. The van der Waals surface area contributed by atoms with E-state index in [4.69, 9.17) is 5.73 Å². The first-order valence-electron chi connectivity index (χ1n) is 8.51. The van der Waals surface area contributed by atoms with Crippen molar-refractivity contribution in [3.8, 4) is 0 Å². The van der Waals surface area contributed by atoms with Crippen molar-refractivity contribution in [1.82, 2.24) is 9.62 Å². The standard InChI is InChI=1S/C15H27N3O3S.ClH/c16-12-8-13(9-12)17-22(20,21)14-6-3-7-18(10-14)15(19)11-4-1-2-5-11;/h11-14,17H,1-10,16H2;1H. The Hall–Kier alpha value is -0.370. The average molecular weight is 366 g/mol. The van der Waals surface area contributed by atoms with Gasteiger partial charge in [0.1, 0.15) is 0 Å². The lowest BCUT2D eigenvalue weighted by atomic mass is 9.89. The summed E-state index contributed by atoms with van der Waals surface area (Å²) >= 11 is 0. The number of nitrogens with zero attached hydrogens (tertiary/aromatic N) is 1. The molecule has 0 spiro atoms. The molecule has 0 bridgehead atoms. The fraction of sp³-hybridized carbons (Fsp3) is 0.933. The number of hydrogen-bond acceptors (Lipinski definition) is 4. The van der Waals surface area contributed by atoms with Gasteiger partial charge in [-0.3, -0.25) is 4.79 Å². The maximum Gasteiger partial charge on any atom is 0.225 e. The highest BCUT2D eigenvalue weighted by atomic mass is 35.5. The Morgan fingerprint density at radius 1 is 1.09 bits per heavy atom. The Labute approximate surface area is 145 Å². The second kappa shape index (κ2) is 7.68. The molecule has 3 fully saturated rings. The third-order valence-corrected chi connectivity index (χ3v) is 7.26. The highest BCUT2D eigenvalue weighted by molar-refractivity contribution is 7.90. The zero-order valence-electron chi connectivity index (χ0n) is 13.4. The molecule has 134 valence electrons. The molecule has 3 rings (SSSR count). The van der Waals surface area contributed by atoms with E-state index in [1.54, 1.807) is 4.90 Å². The van der Waals surface area contributed by atoms with Gasteiger partial charge in [0.05, 0.1) is 5.25 Å². The van der Waals surface area contributed by atoms with E-state index in [-0.39, 0.29) is 36.3 Å². The number of halogens is 1. The monoisotopic (exact) mass is 365 g/mol. The maximum atomic E-state index is 12.5. The number of rotatable bonds is 4. The number of amides is 1. The average Bonchev–Trinajstić information content (AvgIpc) is 2.99. The summed E-state index contributed by atoms with van der Waals surface area (Å²) < 4.78 is 27.8. The predicted molar refractivity (Wildman–Crippen MR) is 91.9 cm³/mol. The summed E-state index contributed by atoms with van der Waals surface area (Å²) in [7, 11) is -3.36. The van der Waals surface area contributed by atoms with Gasteiger partial charge in [0, 0.05) is 31.1 Å². The number of piperidine rings is 1. The number of hydrogen-bond donors (Lipinski definition) is 2. The topological polar surface area (TPSA) is 92.5 Å². The molecule has 1 saturated heterocycles. The van der Waals surface area contributed by atoms with Crippen molar-refractivity contribution in [3.05, 3.63) is 0 Å². The van der Waals surface area contributed by atoms with Crippen LogP contribution in [0.15, 0.2) is 0 Å². The number of sulfonamides is 1. The molecule has 2 aliphatic carbocycles. The van der Waals surface area contributed by atoms with Crippen molar-refractivity contribution < 1.29 is 13.2 Å². The van der Waals surface area contributed by atoms with Crippen molar-refractivity contribution in [2.45, 2.75) is 68.7 Å². The molecule has 1 heterocycles. The second-order valence-corrected chi connectivity index (χ2v) is 9.11. The van der Waals surface area contributed by atoms with E-state index in [9.17, 15) is 13.2 Å². The minimum Gasteiger partial charge on any atom is -0.341 e. The van der Waals surface area contributed by atoms with Crippen LogP contribution in [0.5, 0.6) is 0 Å². The van der Waals surface area contributed by atoms with Crippen molar-refractivity contribution in [1.29, 1.82) is 0 Å². The van der Waals surface area contributed by atoms with Crippen LogP contribution in [-0.4, -0.2) is 49.6 Å². The summed E-state index contributed by atoms with van der Waals surface area (Å²) in [5.41, 5.74) is 5.71. The highest BCUT2D eigenvalue weighted by Crippen LogP contribution is 2.29. The largest absolute Gasteiger partial charge is 0.341 e. The van der Waals surface area contributed by atoms with Gasteiger partial charge in [-0.25, -0.2) is 13.1 Å². The lowest BCUT2D eigenvalue weighted by molar-refractivity contribution is -0.136. The SMILES string of the molecule is Cl.NC1CC(NS(=O)(=O)C2CCCN(C(=O)C3CCCC3)C2)C1. The normalized spacial score (nSPS) is 32.2. The maximum absolute atomic E-state index is 12.5. The zero-order chi connectivity index (χ0) is 15.7. The van der Waals surface area contributed by atoms with E-state index >= 15 is 0 Å². The van der Waals surface area contributed by atoms with Gasteiger partial charge in [0.2, 0.25) is 15.9 Å². The number of nitrogens with one attached hydrogen (secondary N) is 1. The molecule has 1 amide bonds. The second-order valence-electron chi connectivity index (χ2n) is 7.12. The van der Waals surface area contributed by atoms with E-state index < -0.39 is 15.3 Å². The fourth-order valence-electron chi connectivity index (χ4n) is 3.91.